The SMILES string of the molecule is CCC[C@@H]1NC(=O)[C@H](Cc2c[nH]c3ncccc23)NC(=O)[C@H]([C@@H](C)O)NC(=O)[C@H](CC2CNCN2)NC(=O)[C@H](Cc2ccc(O)cc2)NC(=O)[C@H](C(C)(C)C)NC(=O)CCSCc2cccc(c2)CSC[C@H](C(N)=O)NC(=O)[C@H](C(C)(C)O)NC(=O)[C@H](CCC)NC(=O)[C@H](Cc2ccc(O)cc2)NC(=O)[C@H](CCC(=O)O)NC1=O. The number of aromatic hydroxyl groups is 2. The number of aliphatic hydroxyl groups is 2. The van der Waals surface area contributed by atoms with Crippen LogP contribution in [0.3, 0.4) is 0 Å². The lowest BCUT2D eigenvalue weighted by Gasteiger charge is -2.32. The number of aliphatic carboxylic acids is 1. The lowest BCUT2D eigenvalue weighted by atomic mass is 9.85. The van der Waals surface area contributed by atoms with E-state index in [-0.39, 0.29) is 75.0 Å². The lowest BCUT2D eigenvalue weighted by molar-refractivity contribution is -0.139. The van der Waals surface area contributed by atoms with Crippen LogP contribution in [-0.2, 0) is 93.1 Å². The first kappa shape index (κ1) is 90.8. The minimum atomic E-state index is -2.02. The maximum absolute atomic E-state index is 15.1. The molecule has 12 amide bonds. The van der Waals surface area contributed by atoms with E-state index in [1.165, 1.54) is 105 Å². The Balaban J connectivity index is 1.25. The average molecular weight is 1620 g/mol. The number of phenolic OH excluding ortho intramolecular Hbond substituents is 2. The fraction of sp³-hybridized carbons (Fsp3) is 0.513. The molecular weight excluding hydrogens is 1510 g/mol. The zero-order chi connectivity index (χ0) is 83.6. The molecule has 0 spiro atoms. The fourth-order valence-electron chi connectivity index (χ4n) is 12.8. The normalized spacial score (nSPS) is 24.6. The number of carbonyl (C=O) groups is 13. The monoisotopic (exact) mass is 1620 g/mol. The second-order valence-electron chi connectivity index (χ2n) is 30.2. The number of nitrogens with two attached hydrogens (primary N) is 1. The van der Waals surface area contributed by atoms with Crippen molar-refractivity contribution in [1.82, 2.24) is 79.1 Å². The topological polar surface area (TPSA) is 534 Å². The van der Waals surface area contributed by atoms with E-state index in [1.54, 1.807) is 46.8 Å². The van der Waals surface area contributed by atoms with Crippen LogP contribution in [0.5, 0.6) is 11.5 Å². The molecule has 620 valence electrons. The van der Waals surface area contributed by atoms with Gasteiger partial charge in [-0.2, -0.15) is 23.5 Å². The Kier molecular flexibility index (Phi) is 34.4. The van der Waals surface area contributed by atoms with Crippen molar-refractivity contribution >= 4 is 111 Å². The predicted octanol–water partition coefficient (Wildman–Crippen LogP) is -0.0378. The number of benzene rings is 3. The number of primary amides is 1. The average Bonchev–Trinajstić information content (AvgIpc) is 1.59. The molecule has 1 fully saturated rings. The number of rotatable bonds is 18. The number of nitrogens with zero attached hydrogens (tertiary/aromatic N) is 1. The van der Waals surface area contributed by atoms with E-state index in [2.05, 4.69) is 79.1 Å². The summed E-state index contributed by atoms with van der Waals surface area (Å²) in [4.78, 5) is 194. The number of carbonyl (C=O) groups excluding carboxylic acids is 12. The summed E-state index contributed by atoms with van der Waals surface area (Å²) in [5.74, 6) is -11.9. The summed E-state index contributed by atoms with van der Waals surface area (Å²) in [6.45, 7) is 12.8. The number of H-pyrrole nitrogens is 1. The summed E-state index contributed by atoms with van der Waals surface area (Å²) in [7, 11) is 0. The highest BCUT2D eigenvalue weighted by Gasteiger charge is 2.42. The third-order valence-electron chi connectivity index (χ3n) is 19.1. The first-order valence-electron chi connectivity index (χ1n) is 37.9. The van der Waals surface area contributed by atoms with E-state index in [0.29, 0.717) is 58.2 Å². The third kappa shape index (κ3) is 28.3. The Morgan fingerprint density at radius 1 is 0.570 bits per heavy atom. The molecule has 3 aromatic carbocycles. The van der Waals surface area contributed by atoms with E-state index in [4.69, 9.17) is 5.73 Å². The second kappa shape index (κ2) is 43.2. The van der Waals surface area contributed by atoms with Crippen molar-refractivity contribution in [1.29, 1.82) is 0 Å². The van der Waals surface area contributed by atoms with Gasteiger partial charge in [0.25, 0.3) is 0 Å². The summed E-state index contributed by atoms with van der Waals surface area (Å²) in [6.07, 6.45) is -0.786. The van der Waals surface area contributed by atoms with Crippen LogP contribution >= 0.6 is 23.5 Å². The number of nitrogens with one attached hydrogen (secondary N) is 14. The van der Waals surface area contributed by atoms with Crippen LogP contribution in [0.2, 0.25) is 0 Å². The van der Waals surface area contributed by atoms with E-state index in [1.807, 2.05) is 24.3 Å². The summed E-state index contributed by atoms with van der Waals surface area (Å²) >= 11 is 2.68. The Morgan fingerprint density at radius 3 is 1.58 bits per heavy atom. The number of amides is 12. The molecular formula is C78H108N16O18S2. The molecule has 7 rings (SSSR count). The maximum Gasteiger partial charge on any atom is 0.303 e. The Labute approximate surface area is 669 Å². The zero-order valence-electron chi connectivity index (χ0n) is 65.1. The van der Waals surface area contributed by atoms with Gasteiger partial charge >= 0.3 is 5.97 Å². The number of carboxylic acids is 1. The van der Waals surface area contributed by atoms with Crippen LogP contribution in [0.15, 0.2) is 97.3 Å². The van der Waals surface area contributed by atoms with Gasteiger partial charge in [0.15, 0.2) is 0 Å². The quantitative estimate of drug-likeness (QED) is 0.0547. The molecule has 21 N–H and O–H groups in total. The number of aromatic nitrogens is 2. The summed E-state index contributed by atoms with van der Waals surface area (Å²) in [6, 6.07) is 4.41. The van der Waals surface area contributed by atoms with Gasteiger partial charge in [0, 0.05) is 92.2 Å². The van der Waals surface area contributed by atoms with Crippen molar-refractivity contribution in [2.75, 3.05) is 24.7 Å². The van der Waals surface area contributed by atoms with Gasteiger partial charge in [0.05, 0.1) is 11.7 Å². The van der Waals surface area contributed by atoms with Crippen LogP contribution in [0.25, 0.3) is 11.0 Å². The third-order valence-corrected chi connectivity index (χ3v) is 21.2. The maximum atomic E-state index is 15.1. The molecule has 34 nitrogen and oxygen atoms in total. The zero-order valence-corrected chi connectivity index (χ0v) is 66.8. The summed E-state index contributed by atoms with van der Waals surface area (Å²) in [5.41, 5.74) is 6.20. The number of fused-ring (bicyclic) bond motifs is 3. The Morgan fingerprint density at radius 2 is 1.06 bits per heavy atom. The van der Waals surface area contributed by atoms with Crippen LogP contribution in [-0.4, -0.2) is 221 Å². The highest BCUT2D eigenvalue weighted by atomic mass is 32.2. The molecule has 36 heteroatoms. The number of aromatic amines is 1. The summed E-state index contributed by atoms with van der Waals surface area (Å²) in [5, 5.41) is 89.2. The fourth-order valence-corrected chi connectivity index (χ4v) is 14.7. The summed E-state index contributed by atoms with van der Waals surface area (Å²) < 4.78 is 0. The van der Waals surface area contributed by atoms with Gasteiger partial charge in [-0.05, 0) is 116 Å². The first-order chi connectivity index (χ1) is 54.0. The molecule has 1 unspecified atom stereocenters. The van der Waals surface area contributed by atoms with Crippen molar-refractivity contribution in [2.24, 2.45) is 11.1 Å². The molecule has 1 saturated heterocycles. The van der Waals surface area contributed by atoms with Crippen molar-refractivity contribution in [3.8, 4) is 11.5 Å². The molecule has 2 bridgehead atoms. The van der Waals surface area contributed by atoms with E-state index in [9.17, 15) is 83.1 Å². The second-order valence-corrected chi connectivity index (χ2v) is 32.3. The number of hydrogen-bond acceptors (Lipinski definition) is 22. The Bertz CT molecular complexity index is 4170. The molecule has 13 atom stereocenters. The predicted molar refractivity (Wildman–Crippen MR) is 426 cm³/mol. The smallest absolute Gasteiger partial charge is 0.303 e. The number of hydrogen-bond donors (Lipinski definition) is 20. The van der Waals surface area contributed by atoms with Gasteiger partial charge < -0.3 is 105 Å². The van der Waals surface area contributed by atoms with E-state index in [0.717, 1.165) is 11.1 Å². The van der Waals surface area contributed by atoms with Crippen molar-refractivity contribution in [2.45, 2.75) is 222 Å². The highest BCUT2D eigenvalue weighted by molar-refractivity contribution is 7.98. The standard InChI is InChI=1S/C78H108N16O18S2/c1-9-13-52-67(102)86-54(26-27-61(99)100)68(103)87-55(32-43-18-22-49(96)23-19-43)70(105)85-53(14-10-2)69(104)94-64(78(7,8)112)76(111)91-59(65(79)101)40-114-39-46-16-11-15-45(31-46)38-113-30-28-60(98)92-63(77(4,5)6)75(110)90-56(33-44-20-24-50(97)25-21-44)71(106)88-58(35-48-37-80-41-83-48)73(108)93-62(42(3)95)74(109)89-57(72(107)84-52)34-47-36-82-66-51(47)17-12-29-81-66/h11-12,15-25,29,31,36,42,48,52-59,62-64,80,83,95-97,112H,9-10,13-14,26-28,30,32-35,37-41H2,1-8H3,(H2,79,101)(H,81,82)(H,84,107)(H,85,105)(H,86,102)(H,87,103)(H,88,106)(H,89,109)(H,90,110)(H,91,111)(H,92,98)(H,93,108)(H,94,104)(H,99,100)/t42-,48?,52+,53+,54+,55+,56+,57+,58+,59-,62+,63-,64-/m1/s1. The van der Waals surface area contributed by atoms with E-state index < -0.39 is 179 Å². The van der Waals surface area contributed by atoms with Gasteiger partial charge in [-0.1, -0.05) is 96.0 Å². The minimum absolute atomic E-state index is 0.0325. The van der Waals surface area contributed by atoms with Crippen molar-refractivity contribution < 1.29 is 87.9 Å². The number of carboxylic acid groups (broad SMARTS) is 1. The minimum Gasteiger partial charge on any atom is -0.508 e. The lowest BCUT2D eigenvalue weighted by Crippen LogP contribution is -2.64. The van der Waals surface area contributed by atoms with Crippen LogP contribution in [0.1, 0.15) is 135 Å². The van der Waals surface area contributed by atoms with Gasteiger partial charge in [-0.25, -0.2) is 4.98 Å². The van der Waals surface area contributed by atoms with Gasteiger partial charge in [-0.15, -0.1) is 0 Å². The van der Waals surface area contributed by atoms with Crippen molar-refractivity contribution in [3.63, 3.8) is 0 Å². The largest absolute Gasteiger partial charge is 0.508 e. The highest BCUT2D eigenvalue weighted by Crippen LogP contribution is 2.25. The Hall–Kier alpha value is -10.4. The van der Waals surface area contributed by atoms with Crippen LogP contribution < -0.4 is 74.9 Å². The van der Waals surface area contributed by atoms with Crippen molar-refractivity contribution in [3.05, 3.63) is 125 Å². The number of aliphatic hydroxyl groups excluding tert-OH is 1. The molecule has 4 heterocycles. The number of pyridine rings is 1. The molecule has 2 aromatic heterocycles. The molecule has 0 radical (unpaired) electrons. The molecule has 2 aliphatic heterocycles. The van der Waals surface area contributed by atoms with Crippen LogP contribution in [0, 0.1) is 5.41 Å². The van der Waals surface area contributed by atoms with E-state index >= 15 is 4.79 Å². The number of thioether (sulfide) groups is 2. The van der Waals surface area contributed by atoms with Gasteiger partial charge in [-0.3, -0.25) is 62.3 Å². The van der Waals surface area contributed by atoms with Gasteiger partial charge in [0.1, 0.15) is 83.6 Å². The first-order valence-corrected chi connectivity index (χ1v) is 40.2. The molecule has 0 aliphatic carbocycles. The molecule has 0 saturated carbocycles. The van der Waals surface area contributed by atoms with Crippen LogP contribution in [0.4, 0.5) is 0 Å². The van der Waals surface area contributed by atoms with Gasteiger partial charge in [0.2, 0.25) is 70.9 Å². The molecule has 5 aromatic rings. The molecule has 114 heavy (non-hydrogen) atoms. The number of phenols is 2. The molecule has 2 aliphatic rings.